The summed E-state index contributed by atoms with van der Waals surface area (Å²) in [5, 5.41) is 13.3. The van der Waals surface area contributed by atoms with E-state index in [1.165, 1.54) is 31.4 Å². The summed E-state index contributed by atoms with van der Waals surface area (Å²) < 4.78 is 63.8. The molecular formula is C32H33FN2O8S. The highest BCUT2D eigenvalue weighted by atomic mass is 32.2. The lowest BCUT2D eigenvalue weighted by Gasteiger charge is -2.30. The van der Waals surface area contributed by atoms with Crippen LogP contribution >= 0.6 is 0 Å². The molecule has 0 aliphatic carbocycles. The van der Waals surface area contributed by atoms with Crippen LogP contribution in [0.5, 0.6) is 5.75 Å². The van der Waals surface area contributed by atoms with E-state index in [0.717, 1.165) is 15.3 Å². The summed E-state index contributed by atoms with van der Waals surface area (Å²) in [5.41, 5.74) is 2.26. The first-order valence-corrected chi connectivity index (χ1v) is 15.5. The molecule has 0 spiro atoms. The number of benzene rings is 3. The third-order valence-corrected chi connectivity index (χ3v) is 9.16. The number of amides is 1. The molecule has 0 saturated heterocycles. The fourth-order valence-corrected chi connectivity index (χ4v) is 6.35. The van der Waals surface area contributed by atoms with Crippen molar-refractivity contribution in [1.29, 1.82) is 0 Å². The molecule has 0 unspecified atom stereocenters. The van der Waals surface area contributed by atoms with E-state index in [1.54, 1.807) is 36.6 Å². The van der Waals surface area contributed by atoms with Gasteiger partial charge in [0, 0.05) is 42.9 Å². The summed E-state index contributed by atoms with van der Waals surface area (Å²) >= 11 is 0. The molecule has 232 valence electrons. The molecule has 2 atom stereocenters. The lowest BCUT2D eigenvalue weighted by molar-refractivity contribution is -0.146. The van der Waals surface area contributed by atoms with Crippen molar-refractivity contribution < 1.29 is 41.3 Å². The van der Waals surface area contributed by atoms with Crippen LogP contribution in [0.15, 0.2) is 100 Å². The van der Waals surface area contributed by atoms with E-state index < -0.39 is 22.2 Å². The molecule has 1 aliphatic rings. The van der Waals surface area contributed by atoms with E-state index in [0.29, 0.717) is 23.3 Å². The van der Waals surface area contributed by atoms with Crippen molar-refractivity contribution in [3.05, 3.63) is 108 Å². The Bertz CT molecular complexity index is 1700. The monoisotopic (exact) mass is 624 g/mol. The molecule has 2 heterocycles. The molecule has 0 saturated carbocycles. The van der Waals surface area contributed by atoms with Crippen LogP contribution in [0.1, 0.15) is 23.5 Å². The van der Waals surface area contributed by atoms with Gasteiger partial charge in [-0.15, -0.1) is 0 Å². The number of carbonyl (C=O) groups excluding carboxylic acids is 1. The van der Waals surface area contributed by atoms with Crippen molar-refractivity contribution in [3.63, 3.8) is 0 Å². The number of sulfonamides is 1. The van der Waals surface area contributed by atoms with Gasteiger partial charge in [-0.3, -0.25) is 4.79 Å². The normalized spacial score (nSPS) is 16.9. The number of carbonyl (C=O) groups is 1. The number of nitrogens with one attached hydrogen (secondary N) is 1. The first-order valence-electron chi connectivity index (χ1n) is 14.0. The standard InChI is InChI=1S/C32H33FN2O8S/c1-40-25-10-12-26(13-11-25)44(38,39)35(14-16-36)15-17-41-31-19-23(28-21-42-29-5-3-2-4-27(28)29)18-30(43-31)32(37)34-20-22-6-8-24(33)9-7-22/h2-13,18,21,23,31,36H,14-17,19-20H2,1H3,(H,34,37)/t23-,31+/m0/s1. The number of hydrogen-bond donors (Lipinski definition) is 2. The third kappa shape index (κ3) is 7.28. The van der Waals surface area contributed by atoms with Gasteiger partial charge in [0.1, 0.15) is 17.1 Å². The van der Waals surface area contributed by atoms with Gasteiger partial charge in [0.05, 0.1) is 31.5 Å². The zero-order valence-electron chi connectivity index (χ0n) is 24.0. The largest absolute Gasteiger partial charge is 0.497 e. The van der Waals surface area contributed by atoms with Gasteiger partial charge >= 0.3 is 0 Å². The number of fused-ring (bicyclic) bond motifs is 1. The lowest BCUT2D eigenvalue weighted by Crippen LogP contribution is -2.38. The molecule has 1 amide bonds. The van der Waals surface area contributed by atoms with Crippen LogP contribution in [-0.4, -0.2) is 63.4 Å². The van der Waals surface area contributed by atoms with Crippen LogP contribution in [-0.2, 0) is 30.8 Å². The number of allylic oxidation sites excluding steroid dienone is 1. The Morgan fingerprint density at radius 2 is 1.82 bits per heavy atom. The SMILES string of the molecule is COc1ccc(S(=O)(=O)N(CCO)CCO[C@H]2C[C@@H](c3coc4ccccc34)C=C(C(=O)NCc3ccc(F)cc3)O2)cc1. The highest BCUT2D eigenvalue weighted by Crippen LogP contribution is 2.36. The zero-order chi connectivity index (χ0) is 31.1. The second kappa shape index (κ2) is 14.0. The van der Waals surface area contributed by atoms with Crippen LogP contribution in [0, 0.1) is 5.82 Å². The molecule has 10 nitrogen and oxygen atoms in total. The van der Waals surface area contributed by atoms with Gasteiger partial charge in [-0.05, 0) is 54.1 Å². The summed E-state index contributed by atoms with van der Waals surface area (Å²) in [6.07, 6.45) is 2.81. The Labute approximate surface area is 254 Å². The number of rotatable bonds is 13. The number of ether oxygens (including phenoxy) is 3. The molecule has 0 radical (unpaired) electrons. The van der Waals surface area contributed by atoms with E-state index in [1.807, 2.05) is 24.3 Å². The smallest absolute Gasteiger partial charge is 0.286 e. The Morgan fingerprint density at radius 3 is 2.55 bits per heavy atom. The molecule has 0 fully saturated rings. The first-order chi connectivity index (χ1) is 21.3. The van der Waals surface area contributed by atoms with Crippen molar-refractivity contribution in [2.45, 2.75) is 30.1 Å². The second-order valence-corrected chi connectivity index (χ2v) is 12.0. The summed E-state index contributed by atoms with van der Waals surface area (Å²) in [4.78, 5) is 13.2. The maximum absolute atomic E-state index is 13.3. The van der Waals surface area contributed by atoms with Gasteiger partial charge in [0.25, 0.3) is 5.91 Å². The quantitative estimate of drug-likeness (QED) is 0.225. The average molecular weight is 625 g/mol. The highest BCUT2D eigenvalue weighted by molar-refractivity contribution is 7.89. The number of aliphatic hydroxyl groups is 1. The van der Waals surface area contributed by atoms with E-state index in [9.17, 15) is 22.7 Å². The van der Waals surface area contributed by atoms with Crippen LogP contribution in [0.2, 0.25) is 0 Å². The van der Waals surface area contributed by atoms with Crippen LogP contribution in [0.4, 0.5) is 4.39 Å². The van der Waals surface area contributed by atoms with Gasteiger partial charge in [0.15, 0.2) is 5.76 Å². The van der Waals surface area contributed by atoms with E-state index >= 15 is 0 Å². The van der Waals surface area contributed by atoms with Crippen molar-refractivity contribution >= 4 is 26.9 Å². The van der Waals surface area contributed by atoms with Gasteiger partial charge in [-0.25, -0.2) is 12.8 Å². The minimum absolute atomic E-state index is 0.0386. The van der Waals surface area contributed by atoms with Crippen molar-refractivity contribution in [3.8, 4) is 5.75 Å². The molecule has 12 heteroatoms. The number of para-hydroxylation sites is 1. The Kier molecular flexibility index (Phi) is 9.95. The Balaban J connectivity index is 1.30. The molecule has 1 aromatic heterocycles. The van der Waals surface area contributed by atoms with Crippen molar-refractivity contribution in [1.82, 2.24) is 9.62 Å². The van der Waals surface area contributed by atoms with Crippen molar-refractivity contribution in [2.75, 3.05) is 33.4 Å². The summed E-state index contributed by atoms with van der Waals surface area (Å²) in [6, 6.07) is 19.3. The lowest BCUT2D eigenvalue weighted by atomic mass is 9.92. The minimum atomic E-state index is -3.94. The maximum atomic E-state index is 13.3. The van der Waals surface area contributed by atoms with Crippen LogP contribution in [0.3, 0.4) is 0 Å². The molecule has 44 heavy (non-hydrogen) atoms. The van der Waals surface area contributed by atoms with Gasteiger partial charge in [-0.2, -0.15) is 4.31 Å². The predicted molar refractivity (Wildman–Crippen MR) is 160 cm³/mol. The van der Waals surface area contributed by atoms with Gasteiger partial charge < -0.3 is 29.1 Å². The van der Waals surface area contributed by atoms with Crippen LogP contribution < -0.4 is 10.1 Å². The Morgan fingerprint density at radius 1 is 1.07 bits per heavy atom. The topological polar surface area (TPSA) is 128 Å². The van der Waals surface area contributed by atoms with Gasteiger partial charge in [0.2, 0.25) is 16.3 Å². The summed E-state index contributed by atoms with van der Waals surface area (Å²) in [6.45, 7) is -0.493. The molecule has 1 aliphatic heterocycles. The third-order valence-electron chi connectivity index (χ3n) is 7.25. The minimum Gasteiger partial charge on any atom is -0.497 e. The molecule has 0 bridgehead atoms. The fourth-order valence-electron chi connectivity index (χ4n) is 4.94. The number of methoxy groups -OCH3 is 1. The first kappa shape index (κ1) is 31.2. The number of furan rings is 1. The zero-order valence-corrected chi connectivity index (χ0v) is 24.8. The van der Waals surface area contributed by atoms with Crippen molar-refractivity contribution in [2.24, 2.45) is 0 Å². The fraction of sp³-hybridized carbons (Fsp3) is 0.281. The number of nitrogens with zero attached hydrogens (tertiary/aromatic N) is 1. The molecule has 2 N–H and O–H groups in total. The van der Waals surface area contributed by atoms with E-state index in [2.05, 4.69) is 5.32 Å². The van der Waals surface area contributed by atoms with Gasteiger partial charge in [-0.1, -0.05) is 30.3 Å². The van der Waals surface area contributed by atoms with E-state index in [-0.39, 0.29) is 55.2 Å². The molecule has 5 rings (SSSR count). The highest BCUT2D eigenvalue weighted by Gasteiger charge is 2.31. The molecule has 4 aromatic rings. The average Bonchev–Trinajstić information content (AvgIpc) is 3.48. The number of aliphatic hydroxyl groups excluding tert-OH is 1. The number of hydrogen-bond acceptors (Lipinski definition) is 8. The number of halogens is 1. The molecular weight excluding hydrogens is 591 g/mol. The second-order valence-electron chi connectivity index (χ2n) is 10.1. The Hall–Kier alpha value is -4.23. The predicted octanol–water partition coefficient (Wildman–Crippen LogP) is 4.31. The summed E-state index contributed by atoms with van der Waals surface area (Å²) in [5.74, 6) is -0.606. The molecule has 3 aromatic carbocycles. The van der Waals surface area contributed by atoms with Crippen LogP contribution in [0.25, 0.3) is 11.0 Å². The maximum Gasteiger partial charge on any atom is 0.286 e. The summed E-state index contributed by atoms with van der Waals surface area (Å²) in [7, 11) is -2.45. The van der Waals surface area contributed by atoms with E-state index in [4.69, 9.17) is 18.6 Å².